The van der Waals surface area contributed by atoms with Gasteiger partial charge < -0.3 is 5.32 Å². The van der Waals surface area contributed by atoms with Crippen LogP contribution in [-0.2, 0) is 6.18 Å². The second-order valence-electron chi connectivity index (χ2n) is 4.95. The number of alkyl halides is 4. The molecular weight excluding hydrogens is 349 g/mol. The Morgan fingerprint density at radius 3 is 2.29 bits per heavy atom. The van der Waals surface area contributed by atoms with Crippen molar-refractivity contribution >= 4 is 21.8 Å². The van der Waals surface area contributed by atoms with E-state index in [0.29, 0.717) is 12.7 Å². The Labute approximate surface area is 130 Å². The molecule has 1 heterocycles. The summed E-state index contributed by atoms with van der Waals surface area (Å²) in [6, 6.07) is 1.95. The van der Waals surface area contributed by atoms with Crippen molar-refractivity contribution in [3.8, 4) is 0 Å². The average molecular weight is 367 g/mol. The van der Waals surface area contributed by atoms with Crippen LogP contribution in [0.25, 0.3) is 0 Å². The van der Waals surface area contributed by atoms with Crippen molar-refractivity contribution < 1.29 is 18.0 Å². The number of aromatic nitrogens is 1. The summed E-state index contributed by atoms with van der Waals surface area (Å²) in [5.41, 5.74) is -0.934. The molecule has 1 aromatic heterocycles. The summed E-state index contributed by atoms with van der Waals surface area (Å²) in [5, 5.41) is 3.48. The first-order valence-electron chi connectivity index (χ1n) is 6.65. The van der Waals surface area contributed by atoms with Crippen LogP contribution in [0.15, 0.2) is 18.3 Å². The predicted molar refractivity (Wildman–Crippen MR) is 78.4 cm³/mol. The Morgan fingerprint density at radius 2 is 1.90 bits per heavy atom. The van der Waals surface area contributed by atoms with E-state index in [0.717, 1.165) is 30.3 Å². The molecule has 1 amide bonds. The SMILES string of the molecule is CCC(CC)(CBr)CNC(=O)c1ccc(C(F)(F)F)cn1. The van der Waals surface area contributed by atoms with E-state index in [2.05, 4.69) is 26.2 Å². The maximum atomic E-state index is 12.4. The highest BCUT2D eigenvalue weighted by atomic mass is 79.9. The maximum absolute atomic E-state index is 12.4. The minimum atomic E-state index is -4.45. The number of rotatable bonds is 6. The topological polar surface area (TPSA) is 42.0 Å². The lowest BCUT2D eigenvalue weighted by molar-refractivity contribution is -0.137. The lowest BCUT2D eigenvalue weighted by Crippen LogP contribution is -2.38. The first-order chi connectivity index (χ1) is 9.78. The third-order valence-electron chi connectivity index (χ3n) is 3.73. The van der Waals surface area contributed by atoms with E-state index < -0.39 is 17.6 Å². The van der Waals surface area contributed by atoms with Gasteiger partial charge in [0.1, 0.15) is 5.69 Å². The Morgan fingerprint density at radius 1 is 1.29 bits per heavy atom. The molecule has 0 unspecified atom stereocenters. The van der Waals surface area contributed by atoms with Crippen molar-refractivity contribution in [1.82, 2.24) is 10.3 Å². The number of nitrogens with one attached hydrogen (secondary N) is 1. The van der Waals surface area contributed by atoms with Gasteiger partial charge in [0.2, 0.25) is 0 Å². The zero-order valence-electron chi connectivity index (χ0n) is 11.9. The number of carbonyl (C=O) groups is 1. The predicted octanol–water partition coefficient (Wildman–Crippen LogP) is 4.03. The molecule has 0 atom stereocenters. The summed E-state index contributed by atoms with van der Waals surface area (Å²) in [4.78, 5) is 15.5. The Hall–Kier alpha value is -1.11. The van der Waals surface area contributed by atoms with Crippen molar-refractivity contribution in [1.29, 1.82) is 0 Å². The molecule has 0 radical (unpaired) electrons. The second-order valence-corrected chi connectivity index (χ2v) is 5.51. The van der Waals surface area contributed by atoms with Crippen molar-refractivity contribution in [3.63, 3.8) is 0 Å². The van der Waals surface area contributed by atoms with E-state index in [9.17, 15) is 18.0 Å². The standard InChI is InChI=1S/C14H18BrF3N2O/c1-3-13(4-2,8-15)9-20-12(21)11-6-5-10(7-19-11)14(16,17)18/h5-7H,3-4,8-9H2,1-2H3,(H,20,21). The fraction of sp³-hybridized carbons (Fsp3) is 0.571. The molecular formula is C14H18BrF3N2O. The molecule has 7 heteroatoms. The van der Waals surface area contributed by atoms with Crippen LogP contribution in [-0.4, -0.2) is 22.8 Å². The molecule has 21 heavy (non-hydrogen) atoms. The van der Waals surface area contributed by atoms with Gasteiger partial charge in [-0.2, -0.15) is 13.2 Å². The quantitative estimate of drug-likeness (QED) is 0.772. The largest absolute Gasteiger partial charge is 0.417 e. The van der Waals surface area contributed by atoms with Crippen molar-refractivity contribution in [2.24, 2.45) is 5.41 Å². The molecule has 0 fully saturated rings. The molecule has 0 saturated heterocycles. The summed E-state index contributed by atoms with van der Waals surface area (Å²) >= 11 is 3.44. The molecule has 0 spiro atoms. The third kappa shape index (κ3) is 4.69. The highest BCUT2D eigenvalue weighted by Crippen LogP contribution is 2.29. The summed E-state index contributed by atoms with van der Waals surface area (Å²) in [7, 11) is 0. The van der Waals surface area contributed by atoms with Gasteiger partial charge in [-0.25, -0.2) is 0 Å². The van der Waals surface area contributed by atoms with Crippen molar-refractivity contribution in [3.05, 3.63) is 29.6 Å². The van der Waals surface area contributed by atoms with Gasteiger partial charge in [0.25, 0.3) is 5.91 Å². The van der Waals surface area contributed by atoms with Crippen LogP contribution in [0, 0.1) is 5.41 Å². The van der Waals surface area contributed by atoms with E-state index in [1.807, 2.05) is 13.8 Å². The smallest absolute Gasteiger partial charge is 0.350 e. The van der Waals surface area contributed by atoms with Crippen LogP contribution >= 0.6 is 15.9 Å². The fourth-order valence-electron chi connectivity index (χ4n) is 1.79. The molecule has 0 aromatic carbocycles. The van der Waals surface area contributed by atoms with Crippen LogP contribution in [0.1, 0.15) is 42.7 Å². The number of nitrogens with zero attached hydrogens (tertiary/aromatic N) is 1. The van der Waals surface area contributed by atoms with Crippen LogP contribution in [0.2, 0.25) is 0 Å². The van der Waals surface area contributed by atoms with Gasteiger partial charge in [-0.1, -0.05) is 29.8 Å². The van der Waals surface area contributed by atoms with Crippen LogP contribution in [0.3, 0.4) is 0 Å². The van der Waals surface area contributed by atoms with E-state index in [-0.39, 0.29) is 11.1 Å². The number of pyridine rings is 1. The van der Waals surface area contributed by atoms with Gasteiger partial charge in [-0.05, 0) is 30.4 Å². The lowest BCUT2D eigenvalue weighted by atomic mass is 9.84. The Kier molecular flexibility index (Phi) is 6.19. The number of carbonyl (C=O) groups excluding carboxylic acids is 1. The molecule has 3 nitrogen and oxygen atoms in total. The normalized spacial score (nSPS) is 12.3. The highest BCUT2D eigenvalue weighted by Gasteiger charge is 2.31. The summed E-state index contributed by atoms with van der Waals surface area (Å²) < 4.78 is 37.2. The van der Waals surface area contributed by atoms with Crippen molar-refractivity contribution in [2.45, 2.75) is 32.9 Å². The van der Waals surface area contributed by atoms with Gasteiger partial charge in [-0.15, -0.1) is 0 Å². The van der Waals surface area contributed by atoms with Gasteiger partial charge in [0.05, 0.1) is 5.56 Å². The van der Waals surface area contributed by atoms with E-state index in [1.54, 1.807) is 0 Å². The molecule has 0 aliphatic carbocycles. The first kappa shape index (κ1) is 17.9. The highest BCUT2D eigenvalue weighted by molar-refractivity contribution is 9.09. The third-order valence-corrected chi connectivity index (χ3v) is 4.92. The van der Waals surface area contributed by atoms with Crippen molar-refractivity contribution in [2.75, 3.05) is 11.9 Å². The minimum absolute atomic E-state index is 0.0151. The minimum Gasteiger partial charge on any atom is -0.350 e. The first-order valence-corrected chi connectivity index (χ1v) is 7.77. The van der Waals surface area contributed by atoms with Gasteiger partial charge >= 0.3 is 6.18 Å². The van der Waals surface area contributed by atoms with Crippen LogP contribution < -0.4 is 5.32 Å². The Bertz CT molecular complexity index is 462. The number of hydrogen-bond acceptors (Lipinski definition) is 2. The summed E-state index contributed by atoms with van der Waals surface area (Å²) in [5.74, 6) is -0.462. The molecule has 1 N–H and O–H groups in total. The van der Waals surface area contributed by atoms with E-state index >= 15 is 0 Å². The molecule has 1 rings (SSSR count). The van der Waals surface area contributed by atoms with E-state index in [1.165, 1.54) is 0 Å². The van der Waals surface area contributed by atoms with Gasteiger partial charge in [-0.3, -0.25) is 9.78 Å². The van der Waals surface area contributed by atoms with Crippen LogP contribution in [0.5, 0.6) is 0 Å². The zero-order valence-corrected chi connectivity index (χ0v) is 13.5. The lowest BCUT2D eigenvalue weighted by Gasteiger charge is -2.29. The monoisotopic (exact) mass is 366 g/mol. The van der Waals surface area contributed by atoms with Gasteiger partial charge in [0, 0.05) is 18.1 Å². The second kappa shape index (κ2) is 7.24. The number of hydrogen-bond donors (Lipinski definition) is 1. The summed E-state index contributed by atoms with van der Waals surface area (Å²) in [6.45, 7) is 4.52. The number of halogens is 4. The maximum Gasteiger partial charge on any atom is 0.417 e. The fourth-order valence-corrected chi connectivity index (χ4v) is 2.78. The molecule has 0 aliphatic rings. The Balaban J connectivity index is 2.72. The summed E-state index contributed by atoms with van der Waals surface area (Å²) in [6.07, 6.45) is -2.01. The zero-order chi connectivity index (χ0) is 16.1. The molecule has 118 valence electrons. The molecule has 0 aliphatic heterocycles. The average Bonchev–Trinajstić information content (AvgIpc) is 2.48. The van der Waals surface area contributed by atoms with Gasteiger partial charge in [0.15, 0.2) is 0 Å². The molecule has 1 aromatic rings. The van der Waals surface area contributed by atoms with Crippen LogP contribution in [0.4, 0.5) is 13.2 Å². The number of amides is 1. The van der Waals surface area contributed by atoms with E-state index in [4.69, 9.17) is 0 Å². The molecule has 0 bridgehead atoms. The molecule has 0 saturated carbocycles.